The number of carbonyl (C=O) groups excluding carboxylic acids is 1. The molecule has 0 radical (unpaired) electrons. The van der Waals surface area contributed by atoms with Gasteiger partial charge in [0.15, 0.2) is 0 Å². The molecule has 0 aliphatic heterocycles. The highest BCUT2D eigenvalue weighted by Gasteiger charge is 2.76. The molecule has 4 heteroatoms. The van der Waals surface area contributed by atoms with E-state index in [-0.39, 0.29) is 35.2 Å². The van der Waals surface area contributed by atoms with E-state index in [1.165, 1.54) is 6.92 Å². The molecule has 2 N–H and O–H groups in total. The van der Waals surface area contributed by atoms with Gasteiger partial charge in [0.1, 0.15) is 6.10 Å². The Kier molecular flexibility index (Phi) is 3.08. The van der Waals surface area contributed by atoms with Gasteiger partial charge >= 0.3 is 5.97 Å². The van der Waals surface area contributed by atoms with Crippen LogP contribution in [-0.4, -0.2) is 34.0 Å². The fourth-order valence-corrected chi connectivity index (χ4v) is 6.32. The van der Waals surface area contributed by atoms with E-state index in [9.17, 15) is 15.0 Å². The molecule has 0 aromatic rings. The van der Waals surface area contributed by atoms with Gasteiger partial charge in [0.2, 0.25) is 0 Å². The maximum absolute atomic E-state index is 11.7. The monoisotopic (exact) mass is 296 g/mol. The minimum atomic E-state index is -0.937. The van der Waals surface area contributed by atoms with E-state index in [4.69, 9.17) is 4.74 Å². The van der Waals surface area contributed by atoms with Gasteiger partial charge in [-0.1, -0.05) is 27.7 Å². The van der Waals surface area contributed by atoms with E-state index >= 15 is 0 Å². The molecule has 0 spiro atoms. The summed E-state index contributed by atoms with van der Waals surface area (Å²) in [7, 11) is 0. The van der Waals surface area contributed by atoms with Crippen LogP contribution in [0.25, 0.3) is 0 Å². The Balaban J connectivity index is 2.10. The number of hydrogen-bond donors (Lipinski definition) is 2. The second-order valence-corrected chi connectivity index (χ2v) is 8.60. The highest BCUT2D eigenvalue weighted by molar-refractivity contribution is 5.66. The van der Waals surface area contributed by atoms with Gasteiger partial charge in [-0.05, 0) is 36.5 Å². The van der Waals surface area contributed by atoms with E-state index in [0.717, 1.165) is 12.8 Å². The number of ether oxygens (including phenoxy) is 1. The summed E-state index contributed by atoms with van der Waals surface area (Å²) in [5.41, 5.74) is -1.59. The van der Waals surface area contributed by atoms with Crippen LogP contribution >= 0.6 is 0 Å². The van der Waals surface area contributed by atoms with Gasteiger partial charge in [0.05, 0.1) is 11.7 Å². The van der Waals surface area contributed by atoms with Gasteiger partial charge in [0, 0.05) is 18.3 Å². The molecule has 3 saturated carbocycles. The van der Waals surface area contributed by atoms with Crippen molar-refractivity contribution in [2.45, 2.75) is 71.7 Å². The van der Waals surface area contributed by atoms with Gasteiger partial charge in [0.25, 0.3) is 0 Å². The van der Waals surface area contributed by atoms with Crippen LogP contribution in [0, 0.1) is 28.6 Å². The maximum Gasteiger partial charge on any atom is 0.302 e. The zero-order valence-electron chi connectivity index (χ0n) is 13.7. The predicted molar refractivity (Wildman–Crippen MR) is 78.4 cm³/mol. The SMILES string of the molecule is CC(=O)O[C@H]1C[C@@H](C)[C@@H]2C[C@H](O)[C@@]3(C)CC(C)(C)[C@H]1[C@]23O. The average molecular weight is 296 g/mol. The van der Waals surface area contributed by atoms with E-state index in [1.54, 1.807) is 0 Å². The van der Waals surface area contributed by atoms with Gasteiger partial charge < -0.3 is 14.9 Å². The molecule has 7 atom stereocenters. The minimum Gasteiger partial charge on any atom is -0.462 e. The van der Waals surface area contributed by atoms with Crippen LogP contribution in [0.1, 0.15) is 53.9 Å². The molecule has 0 bridgehead atoms. The molecular weight excluding hydrogens is 268 g/mol. The molecular formula is C17H28O4. The lowest BCUT2D eigenvalue weighted by Gasteiger charge is -2.52. The summed E-state index contributed by atoms with van der Waals surface area (Å²) in [6.07, 6.45) is 1.48. The number of esters is 1. The van der Waals surface area contributed by atoms with Crippen LogP contribution in [-0.2, 0) is 9.53 Å². The van der Waals surface area contributed by atoms with Crippen molar-refractivity contribution in [3.63, 3.8) is 0 Å². The first-order valence-electron chi connectivity index (χ1n) is 8.11. The number of aliphatic hydroxyl groups excluding tert-OH is 1. The summed E-state index contributed by atoms with van der Waals surface area (Å²) in [6.45, 7) is 9.83. The van der Waals surface area contributed by atoms with Crippen LogP contribution in [0.2, 0.25) is 0 Å². The minimum absolute atomic E-state index is 0.0936. The number of carbonyl (C=O) groups is 1. The molecule has 0 heterocycles. The third-order valence-corrected chi connectivity index (χ3v) is 6.81. The first kappa shape index (κ1) is 15.3. The molecule has 3 aliphatic carbocycles. The molecule has 4 nitrogen and oxygen atoms in total. The quantitative estimate of drug-likeness (QED) is 0.727. The lowest BCUT2D eigenvalue weighted by atomic mass is 9.59. The number of hydrogen-bond acceptors (Lipinski definition) is 4. The molecule has 21 heavy (non-hydrogen) atoms. The molecule has 0 aromatic carbocycles. The summed E-state index contributed by atoms with van der Waals surface area (Å²) in [5.74, 6) is -0.0356. The van der Waals surface area contributed by atoms with Crippen molar-refractivity contribution in [2.75, 3.05) is 0 Å². The van der Waals surface area contributed by atoms with Crippen molar-refractivity contribution in [1.82, 2.24) is 0 Å². The molecule has 0 unspecified atom stereocenters. The van der Waals surface area contributed by atoms with Crippen molar-refractivity contribution < 1.29 is 19.7 Å². The van der Waals surface area contributed by atoms with E-state index in [2.05, 4.69) is 20.8 Å². The molecule has 120 valence electrons. The largest absolute Gasteiger partial charge is 0.462 e. The fraction of sp³-hybridized carbons (Fsp3) is 0.941. The molecule has 3 rings (SSSR count). The van der Waals surface area contributed by atoms with Gasteiger partial charge in [-0.2, -0.15) is 0 Å². The Morgan fingerprint density at radius 3 is 2.43 bits per heavy atom. The predicted octanol–water partition coefficient (Wildman–Crippen LogP) is 2.12. The van der Waals surface area contributed by atoms with E-state index < -0.39 is 17.1 Å². The zero-order valence-corrected chi connectivity index (χ0v) is 13.7. The van der Waals surface area contributed by atoms with Crippen molar-refractivity contribution in [1.29, 1.82) is 0 Å². The summed E-state index contributed by atoms with van der Waals surface area (Å²) in [4.78, 5) is 11.5. The zero-order chi connectivity index (χ0) is 15.8. The second-order valence-electron chi connectivity index (χ2n) is 8.60. The Morgan fingerprint density at radius 1 is 1.24 bits per heavy atom. The summed E-state index contributed by atoms with van der Waals surface area (Å²) < 4.78 is 5.60. The van der Waals surface area contributed by atoms with Gasteiger partial charge in [-0.3, -0.25) is 4.79 Å². The summed E-state index contributed by atoms with van der Waals surface area (Å²) >= 11 is 0. The normalized spacial score (nSPS) is 54.3. The van der Waals surface area contributed by atoms with Crippen molar-refractivity contribution >= 4 is 5.97 Å². The third-order valence-electron chi connectivity index (χ3n) is 6.81. The van der Waals surface area contributed by atoms with Gasteiger partial charge in [-0.25, -0.2) is 0 Å². The summed E-state index contributed by atoms with van der Waals surface area (Å²) in [6, 6.07) is 0. The summed E-state index contributed by atoms with van der Waals surface area (Å²) in [5, 5.41) is 22.3. The lowest BCUT2D eigenvalue weighted by Crippen LogP contribution is -2.59. The van der Waals surface area contributed by atoms with Crippen LogP contribution in [0.15, 0.2) is 0 Å². The van der Waals surface area contributed by atoms with Crippen molar-refractivity contribution in [3.05, 3.63) is 0 Å². The van der Waals surface area contributed by atoms with E-state index in [1.807, 2.05) is 6.92 Å². The number of rotatable bonds is 1. The molecule has 3 aliphatic rings. The Labute approximate surface area is 126 Å². The average Bonchev–Trinajstić information content (AvgIpc) is 2.59. The molecule has 0 amide bonds. The van der Waals surface area contributed by atoms with Crippen molar-refractivity contribution in [2.24, 2.45) is 28.6 Å². The van der Waals surface area contributed by atoms with Crippen LogP contribution < -0.4 is 0 Å². The Morgan fingerprint density at radius 2 is 1.86 bits per heavy atom. The van der Waals surface area contributed by atoms with Crippen LogP contribution in [0.5, 0.6) is 0 Å². The molecule has 0 aromatic heterocycles. The standard InChI is InChI=1S/C17H28O4/c1-9-6-12(21-10(2)18)14-15(3,4)8-16(5)13(19)7-11(9)17(14,16)20/h9,11-14,19-20H,6-8H2,1-5H3/t9-,11+,12+,13+,14+,16-,17-/m1/s1. The second kappa shape index (κ2) is 4.23. The molecule has 3 fully saturated rings. The molecule has 0 saturated heterocycles. The van der Waals surface area contributed by atoms with E-state index in [0.29, 0.717) is 6.42 Å². The third kappa shape index (κ3) is 1.72. The highest BCUT2D eigenvalue weighted by Crippen LogP contribution is 2.72. The van der Waals surface area contributed by atoms with Gasteiger partial charge in [-0.15, -0.1) is 0 Å². The topological polar surface area (TPSA) is 66.8 Å². The maximum atomic E-state index is 11.7. The fourth-order valence-electron chi connectivity index (χ4n) is 6.32. The number of aliphatic hydroxyl groups is 2. The van der Waals surface area contributed by atoms with Crippen molar-refractivity contribution in [3.8, 4) is 0 Å². The Bertz CT molecular complexity index is 473. The van der Waals surface area contributed by atoms with Crippen LogP contribution in [0.3, 0.4) is 0 Å². The van der Waals surface area contributed by atoms with Crippen LogP contribution in [0.4, 0.5) is 0 Å². The first-order valence-corrected chi connectivity index (χ1v) is 8.11. The highest BCUT2D eigenvalue weighted by atomic mass is 16.5. The smallest absolute Gasteiger partial charge is 0.302 e. The Hall–Kier alpha value is -0.610. The first-order chi connectivity index (χ1) is 9.54. The lowest BCUT2D eigenvalue weighted by molar-refractivity contribution is -0.198.